The maximum atomic E-state index is 11.3. The molecule has 4 nitrogen and oxygen atoms in total. The quantitative estimate of drug-likeness (QED) is 0.669. The molecular formula is C8H16N2O2. The van der Waals surface area contributed by atoms with E-state index >= 15 is 0 Å². The van der Waals surface area contributed by atoms with Gasteiger partial charge in [0.1, 0.15) is 0 Å². The third kappa shape index (κ3) is 1.88. The largest absolute Gasteiger partial charge is 0.450 e. The van der Waals surface area contributed by atoms with Crippen LogP contribution < -0.4 is 5.32 Å². The second-order valence-electron chi connectivity index (χ2n) is 2.84. The molecule has 1 aliphatic rings. The summed E-state index contributed by atoms with van der Waals surface area (Å²) in [5, 5.41) is 3.08. The Morgan fingerprint density at radius 3 is 3.08 bits per heavy atom. The molecule has 1 fully saturated rings. The van der Waals surface area contributed by atoms with Gasteiger partial charge in [0, 0.05) is 6.54 Å². The summed E-state index contributed by atoms with van der Waals surface area (Å²) in [6, 6.07) is 0. The Labute approximate surface area is 72.9 Å². The van der Waals surface area contributed by atoms with Crippen molar-refractivity contribution in [2.24, 2.45) is 0 Å². The maximum Gasteiger partial charge on any atom is 0.411 e. The van der Waals surface area contributed by atoms with Crippen LogP contribution >= 0.6 is 0 Å². The van der Waals surface area contributed by atoms with Crippen molar-refractivity contribution in [3.8, 4) is 0 Å². The van der Waals surface area contributed by atoms with Gasteiger partial charge >= 0.3 is 6.09 Å². The number of nitrogens with one attached hydrogen (secondary N) is 1. The molecule has 0 spiro atoms. The summed E-state index contributed by atoms with van der Waals surface area (Å²) in [4.78, 5) is 13.0. The second kappa shape index (κ2) is 4.30. The van der Waals surface area contributed by atoms with E-state index in [1.165, 1.54) is 0 Å². The van der Waals surface area contributed by atoms with Gasteiger partial charge in [0.15, 0.2) is 0 Å². The zero-order valence-corrected chi connectivity index (χ0v) is 7.67. The molecule has 0 aromatic rings. The highest BCUT2D eigenvalue weighted by Crippen LogP contribution is 2.15. The van der Waals surface area contributed by atoms with Crippen molar-refractivity contribution in [2.75, 3.05) is 20.2 Å². The lowest BCUT2D eigenvalue weighted by Crippen LogP contribution is -2.43. The normalized spacial score (nSPS) is 22.8. The molecule has 0 aromatic carbocycles. The molecular weight excluding hydrogens is 156 g/mol. The summed E-state index contributed by atoms with van der Waals surface area (Å²) >= 11 is 0. The van der Waals surface area contributed by atoms with Gasteiger partial charge in [-0.2, -0.15) is 0 Å². The minimum absolute atomic E-state index is 0.170. The lowest BCUT2D eigenvalue weighted by Gasteiger charge is -2.22. The van der Waals surface area contributed by atoms with Crippen LogP contribution in [-0.2, 0) is 4.74 Å². The van der Waals surface area contributed by atoms with Crippen LogP contribution in [0.3, 0.4) is 0 Å². The highest BCUT2D eigenvalue weighted by molar-refractivity contribution is 5.68. The van der Waals surface area contributed by atoms with Gasteiger partial charge in [0.2, 0.25) is 0 Å². The number of hydrogen-bond acceptors (Lipinski definition) is 3. The zero-order valence-electron chi connectivity index (χ0n) is 7.67. The zero-order chi connectivity index (χ0) is 8.97. The number of likely N-dealkylation sites (tertiary alicyclic amines) is 1. The lowest BCUT2D eigenvalue weighted by atomic mass is 10.3. The highest BCUT2D eigenvalue weighted by atomic mass is 16.6. The third-order valence-corrected chi connectivity index (χ3v) is 2.09. The summed E-state index contributed by atoms with van der Waals surface area (Å²) in [6.45, 7) is 3.08. The summed E-state index contributed by atoms with van der Waals surface area (Å²) in [7, 11) is 1.86. The number of amides is 1. The number of carbonyl (C=O) groups is 1. The molecule has 0 bridgehead atoms. The number of hydrogen-bond donors (Lipinski definition) is 1. The fourth-order valence-corrected chi connectivity index (χ4v) is 1.49. The Morgan fingerprint density at radius 2 is 2.50 bits per heavy atom. The minimum Gasteiger partial charge on any atom is -0.450 e. The fraction of sp³-hybridized carbons (Fsp3) is 0.875. The number of rotatable bonds is 2. The smallest absolute Gasteiger partial charge is 0.411 e. The van der Waals surface area contributed by atoms with Gasteiger partial charge in [0.05, 0.1) is 12.8 Å². The van der Waals surface area contributed by atoms with Gasteiger partial charge in [-0.1, -0.05) is 0 Å². The molecule has 1 heterocycles. The first-order valence-electron chi connectivity index (χ1n) is 4.40. The summed E-state index contributed by atoms with van der Waals surface area (Å²) < 4.78 is 4.90. The van der Waals surface area contributed by atoms with Gasteiger partial charge < -0.3 is 10.1 Å². The first kappa shape index (κ1) is 9.32. The van der Waals surface area contributed by atoms with Crippen molar-refractivity contribution in [2.45, 2.75) is 25.9 Å². The van der Waals surface area contributed by atoms with Crippen LogP contribution in [0.25, 0.3) is 0 Å². The van der Waals surface area contributed by atoms with Crippen molar-refractivity contribution >= 4 is 6.09 Å². The first-order valence-corrected chi connectivity index (χ1v) is 4.40. The van der Waals surface area contributed by atoms with Gasteiger partial charge in [-0.05, 0) is 26.8 Å². The Hall–Kier alpha value is -0.770. The first-order chi connectivity index (χ1) is 5.79. The van der Waals surface area contributed by atoms with Crippen molar-refractivity contribution in [1.29, 1.82) is 0 Å². The van der Waals surface area contributed by atoms with Crippen LogP contribution in [-0.4, -0.2) is 37.4 Å². The van der Waals surface area contributed by atoms with E-state index in [2.05, 4.69) is 5.32 Å². The van der Waals surface area contributed by atoms with E-state index in [0.29, 0.717) is 6.61 Å². The number of ether oxygens (including phenoxy) is 1. The number of nitrogens with zero attached hydrogens (tertiary/aromatic N) is 1. The predicted octanol–water partition coefficient (Wildman–Crippen LogP) is 0.784. The SMILES string of the molecule is CCOC(=O)N1CCCC1NC. The van der Waals surface area contributed by atoms with E-state index in [9.17, 15) is 4.79 Å². The molecule has 1 amide bonds. The summed E-state index contributed by atoms with van der Waals surface area (Å²) in [6.07, 6.45) is 2.05. The van der Waals surface area contributed by atoms with Crippen LogP contribution in [0.5, 0.6) is 0 Å². The molecule has 1 N–H and O–H groups in total. The Balaban J connectivity index is 2.43. The van der Waals surface area contributed by atoms with Crippen LogP contribution in [0, 0.1) is 0 Å². The molecule has 12 heavy (non-hydrogen) atoms. The molecule has 0 aliphatic carbocycles. The van der Waals surface area contributed by atoms with Crippen molar-refractivity contribution < 1.29 is 9.53 Å². The third-order valence-electron chi connectivity index (χ3n) is 2.09. The molecule has 0 saturated carbocycles. The van der Waals surface area contributed by atoms with Crippen molar-refractivity contribution in [3.63, 3.8) is 0 Å². The molecule has 4 heteroatoms. The van der Waals surface area contributed by atoms with E-state index in [1.54, 1.807) is 4.90 Å². The Morgan fingerprint density at radius 1 is 1.75 bits per heavy atom. The van der Waals surface area contributed by atoms with E-state index in [0.717, 1.165) is 19.4 Å². The fourth-order valence-electron chi connectivity index (χ4n) is 1.49. The molecule has 1 unspecified atom stereocenters. The Kier molecular flexibility index (Phi) is 3.34. The topological polar surface area (TPSA) is 41.6 Å². The molecule has 1 aliphatic heterocycles. The molecule has 0 aromatic heterocycles. The van der Waals surface area contributed by atoms with Crippen LogP contribution in [0.15, 0.2) is 0 Å². The molecule has 1 atom stereocenters. The maximum absolute atomic E-state index is 11.3. The van der Waals surface area contributed by atoms with Gasteiger partial charge in [-0.15, -0.1) is 0 Å². The lowest BCUT2D eigenvalue weighted by molar-refractivity contribution is 0.0985. The second-order valence-corrected chi connectivity index (χ2v) is 2.84. The average molecular weight is 172 g/mol. The number of carbonyl (C=O) groups excluding carboxylic acids is 1. The standard InChI is InChI=1S/C8H16N2O2/c1-3-12-8(11)10-6-4-5-7(10)9-2/h7,9H,3-6H2,1-2H3. The van der Waals surface area contributed by atoms with Crippen LogP contribution in [0.4, 0.5) is 4.79 Å². The van der Waals surface area contributed by atoms with Crippen molar-refractivity contribution in [3.05, 3.63) is 0 Å². The molecule has 1 saturated heterocycles. The highest BCUT2D eigenvalue weighted by Gasteiger charge is 2.27. The Bertz CT molecular complexity index is 161. The molecule has 1 rings (SSSR count). The van der Waals surface area contributed by atoms with Crippen LogP contribution in [0.2, 0.25) is 0 Å². The average Bonchev–Trinajstić information content (AvgIpc) is 2.51. The van der Waals surface area contributed by atoms with E-state index in [1.807, 2.05) is 14.0 Å². The van der Waals surface area contributed by atoms with E-state index in [-0.39, 0.29) is 12.3 Å². The minimum atomic E-state index is -0.200. The summed E-state index contributed by atoms with van der Waals surface area (Å²) in [5.74, 6) is 0. The molecule has 70 valence electrons. The monoisotopic (exact) mass is 172 g/mol. The van der Waals surface area contributed by atoms with E-state index < -0.39 is 0 Å². The van der Waals surface area contributed by atoms with Crippen LogP contribution in [0.1, 0.15) is 19.8 Å². The summed E-state index contributed by atoms with van der Waals surface area (Å²) in [5.41, 5.74) is 0. The molecule has 0 radical (unpaired) electrons. The van der Waals surface area contributed by atoms with E-state index in [4.69, 9.17) is 4.74 Å². The van der Waals surface area contributed by atoms with Gasteiger partial charge in [-0.3, -0.25) is 4.90 Å². The predicted molar refractivity (Wildman–Crippen MR) is 45.8 cm³/mol. The van der Waals surface area contributed by atoms with Gasteiger partial charge in [-0.25, -0.2) is 4.79 Å². The van der Waals surface area contributed by atoms with Gasteiger partial charge in [0.25, 0.3) is 0 Å². The van der Waals surface area contributed by atoms with Crippen molar-refractivity contribution in [1.82, 2.24) is 10.2 Å².